The molecule has 1 saturated heterocycles. The number of nitrogens with zero attached hydrogens (tertiary/aromatic N) is 4. The highest BCUT2D eigenvalue weighted by Crippen LogP contribution is 2.24. The third kappa shape index (κ3) is 3.17. The van der Waals surface area contributed by atoms with Gasteiger partial charge in [0.25, 0.3) is 5.91 Å². The fourth-order valence-corrected chi connectivity index (χ4v) is 3.97. The lowest BCUT2D eigenvalue weighted by atomic mass is 9.96. The largest absolute Gasteiger partial charge is 0.496 e. The number of para-hydroxylation sites is 1. The predicted octanol–water partition coefficient (Wildman–Crippen LogP) is 2.30. The first-order valence-corrected chi connectivity index (χ1v) is 9.52. The minimum atomic E-state index is -0.0405. The van der Waals surface area contributed by atoms with Crippen LogP contribution in [0.2, 0.25) is 0 Å². The molecule has 1 fully saturated rings. The van der Waals surface area contributed by atoms with Crippen LogP contribution in [0.4, 0.5) is 0 Å². The molecule has 0 N–H and O–H groups in total. The summed E-state index contributed by atoms with van der Waals surface area (Å²) in [5.74, 6) is 0.940. The van der Waals surface area contributed by atoms with Gasteiger partial charge < -0.3 is 9.64 Å². The van der Waals surface area contributed by atoms with Crippen LogP contribution in [-0.2, 0) is 13.6 Å². The van der Waals surface area contributed by atoms with Crippen LogP contribution in [0.15, 0.2) is 47.4 Å². The normalized spacial score (nSPS) is 15.1. The Bertz CT molecular complexity index is 1060. The van der Waals surface area contributed by atoms with Crippen LogP contribution in [0, 0.1) is 5.92 Å². The Hall–Kier alpha value is -3.09. The molecule has 0 unspecified atom stereocenters. The number of carbonyl (C=O) groups is 1. The molecule has 0 radical (unpaired) electrons. The highest BCUT2D eigenvalue weighted by atomic mass is 16.5. The molecule has 2 aromatic heterocycles. The number of ether oxygens (including phenoxy) is 1. The van der Waals surface area contributed by atoms with Gasteiger partial charge >= 0.3 is 5.69 Å². The van der Waals surface area contributed by atoms with Crippen molar-refractivity contribution in [3.63, 3.8) is 0 Å². The number of fused-ring (bicyclic) bond motifs is 1. The van der Waals surface area contributed by atoms with E-state index in [1.807, 2.05) is 29.2 Å². The number of carbonyl (C=O) groups excluding carboxylic acids is 1. The van der Waals surface area contributed by atoms with E-state index in [1.165, 1.54) is 0 Å². The fourth-order valence-electron chi connectivity index (χ4n) is 3.97. The van der Waals surface area contributed by atoms with E-state index in [4.69, 9.17) is 4.74 Å². The summed E-state index contributed by atoms with van der Waals surface area (Å²) in [4.78, 5) is 31.7. The summed E-state index contributed by atoms with van der Waals surface area (Å²) in [5, 5.41) is 0. The third-order valence-corrected chi connectivity index (χ3v) is 5.58. The smallest absolute Gasteiger partial charge is 0.330 e. The summed E-state index contributed by atoms with van der Waals surface area (Å²) in [7, 11) is 3.35. The number of aromatic nitrogens is 3. The molecule has 1 aliphatic heterocycles. The summed E-state index contributed by atoms with van der Waals surface area (Å²) in [5.41, 5.74) is 2.12. The van der Waals surface area contributed by atoms with Gasteiger partial charge in [0.1, 0.15) is 5.75 Å². The van der Waals surface area contributed by atoms with Crippen molar-refractivity contribution in [3.8, 4) is 5.75 Å². The standard InChI is InChI=1S/C21H24N4O3/c1-23-17-7-5-11-22-19(17)25(21(23)27)14-15-9-12-24(13-10-15)20(26)16-6-3-4-8-18(16)28-2/h3-8,11,15H,9-10,12-14H2,1-2H3. The lowest BCUT2D eigenvalue weighted by Gasteiger charge is -2.32. The van der Waals surface area contributed by atoms with Crippen molar-refractivity contribution < 1.29 is 9.53 Å². The van der Waals surface area contributed by atoms with Crippen molar-refractivity contribution in [2.45, 2.75) is 19.4 Å². The van der Waals surface area contributed by atoms with Crippen LogP contribution < -0.4 is 10.4 Å². The second-order valence-electron chi connectivity index (χ2n) is 7.23. The van der Waals surface area contributed by atoms with Crippen molar-refractivity contribution in [1.29, 1.82) is 0 Å². The maximum atomic E-state index is 12.9. The number of aryl methyl sites for hydroxylation is 1. The van der Waals surface area contributed by atoms with Gasteiger partial charge in [0.05, 0.1) is 18.2 Å². The lowest BCUT2D eigenvalue weighted by Crippen LogP contribution is -2.40. The van der Waals surface area contributed by atoms with Crippen LogP contribution in [-0.4, -0.2) is 45.1 Å². The van der Waals surface area contributed by atoms with Gasteiger partial charge in [0, 0.05) is 32.9 Å². The molecule has 7 nitrogen and oxygen atoms in total. The lowest BCUT2D eigenvalue weighted by molar-refractivity contribution is 0.0679. The van der Waals surface area contributed by atoms with Crippen LogP contribution in [0.3, 0.4) is 0 Å². The van der Waals surface area contributed by atoms with Crippen LogP contribution >= 0.6 is 0 Å². The molecule has 146 valence electrons. The molecule has 0 spiro atoms. The number of methoxy groups -OCH3 is 1. The second kappa shape index (κ2) is 7.50. The van der Waals surface area contributed by atoms with E-state index in [0.717, 1.165) is 24.0 Å². The Morgan fingerprint density at radius 2 is 1.93 bits per heavy atom. The molecule has 0 bridgehead atoms. The van der Waals surface area contributed by atoms with Gasteiger partial charge in [0.2, 0.25) is 0 Å². The maximum absolute atomic E-state index is 12.9. The number of hydrogen-bond donors (Lipinski definition) is 0. The van der Waals surface area contributed by atoms with E-state index in [2.05, 4.69) is 4.98 Å². The molecule has 3 aromatic rings. The molecule has 1 aromatic carbocycles. The van der Waals surface area contributed by atoms with Crippen LogP contribution in [0.5, 0.6) is 5.75 Å². The third-order valence-electron chi connectivity index (χ3n) is 5.58. The van der Waals surface area contributed by atoms with Crippen molar-refractivity contribution in [2.24, 2.45) is 13.0 Å². The molecule has 7 heteroatoms. The van der Waals surface area contributed by atoms with Crippen molar-refractivity contribution >= 4 is 17.1 Å². The Labute approximate surface area is 163 Å². The summed E-state index contributed by atoms with van der Waals surface area (Å²) in [6.45, 7) is 1.98. The van der Waals surface area contributed by atoms with Crippen LogP contribution in [0.1, 0.15) is 23.2 Å². The van der Waals surface area contributed by atoms with Crippen molar-refractivity contribution in [2.75, 3.05) is 20.2 Å². The molecule has 0 saturated carbocycles. The summed E-state index contributed by atoms with van der Waals surface area (Å²) in [6, 6.07) is 11.1. The number of imidazole rings is 1. The minimum absolute atomic E-state index is 0.0000977. The number of hydrogen-bond acceptors (Lipinski definition) is 4. The summed E-state index contributed by atoms with van der Waals surface area (Å²) < 4.78 is 8.72. The van der Waals surface area contributed by atoms with Gasteiger partial charge in [-0.3, -0.25) is 13.9 Å². The quantitative estimate of drug-likeness (QED) is 0.696. The molecule has 0 aliphatic carbocycles. The molecule has 3 heterocycles. The van der Waals surface area contributed by atoms with Gasteiger partial charge in [-0.2, -0.15) is 0 Å². The van der Waals surface area contributed by atoms with Gasteiger partial charge in [0.15, 0.2) is 5.65 Å². The SMILES string of the molecule is COc1ccccc1C(=O)N1CCC(Cn2c(=O)n(C)c3cccnc32)CC1. The molecular formula is C21H24N4O3. The first-order chi connectivity index (χ1) is 13.6. The van der Waals surface area contributed by atoms with Crippen molar-refractivity contribution in [3.05, 3.63) is 58.6 Å². The predicted molar refractivity (Wildman–Crippen MR) is 107 cm³/mol. The van der Waals surface area contributed by atoms with E-state index in [9.17, 15) is 9.59 Å². The fraction of sp³-hybridized carbons (Fsp3) is 0.381. The molecule has 28 heavy (non-hydrogen) atoms. The van der Waals surface area contributed by atoms with E-state index in [0.29, 0.717) is 36.9 Å². The topological polar surface area (TPSA) is 69.4 Å². The second-order valence-corrected chi connectivity index (χ2v) is 7.23. The van der Waals surface area contributed by atoms with E-state index in [1.54, 1.807) is 41.6 Å². The summed E-state index contributed by atoms with van der Waals surface area (Å²) >= 11 is 0. The highest BCUT2D eigenvalue weighted by molar-refractivity contribution is 5.97. The Balaban J connectivity index is 1.46. The van der Waals surface area contributed by atoms with Gasteiger partial charge in [-0.25, -0.2) is 9.78 Å². The monoisotopic (exact) mass is 380 g/mol. The highest BCUT2D eigenvalue weighted by Gasteiger charge is 2.26. The molecule has 1 amide bonds. The number of rotatable bonds is 4. The zero-order chi connectivity index (χ0) is 19.7. The van der Waals surface area contributed by atoms with Crippen LogP contribution in [0.25, 0.3) is 11.2 Å². The number of amides is 1. The zero-order valence-corrected chi connectivity index (χ0v) is 16.2. The first kappa shape index (κ1) is 18.3. The number of likely N-dealkylation sites (tertiary alicyclic amines) is 1. The first-order valence-electron chi connectivity index (χ1n) is 9.52. The number of benzene rings is 1. The van der Waals surface area contributed by atoms with E-state index >= 15 is 0 Å². The van der Waals surface area contributed by atoms with Crippen molar-refractivity contribution in [1.82, 2.24) is 19.0 Å². The Morgan fingerprint density at radius 1 is 1.18 bits per heavy atom. The average Bonchev–Trinajstić information content (AvgIpc) is 2.99. The van der Waals surface area contributed by atoms with Gasteiger partial charge in [-0.05, 0) is 43.0 Å². The summed E-state index contributed by atoms with van der Waals surface area (Å²) in [6.07, 6.45) is 3.43. The minimum Gasteiger partial charge on any atom is -0.496 e. The molecule has 0 atom stereocenters. The molecule has 1 aliphatic rings. The number of piperidine rings is 1. The Morgan fingerprint density at radius 3 is 2.68 bits per heavy atom. The maximum Gasteiger partial charge on any atom is 0.330 e. The van der Waals surface area contributed by atoms with E-state index < -0.39 is 0 Å². The van der Waals surface area contributed by atoms with Gasteiger partial charge in [-0.1, -0.05) is 12.1 Å². The average molecular weight is 380 g/mol. The zero-order valence-electron chi connectivity index (χ0n) is 16.2. The van der Waals surface area contributed by atoms with Gasteiger partial charge in [-0.15, -0.1) is 0 Å². The Kier molecular flexibility index (Phi) is 4.90. The molecule has 4 rings (SSSR count). The molecular weight excluding hydrogens is 356 g/mol. The van der Waals surface area contributed by atoms with E-state index in [-0.39, 0.29) is 11.6 Å². The number of pyridine rings is 1.